The first-order chi connectivity index (χ1) is 7.52. The summed E-state index contributed by atoms with van der Waals surface area (Å²) in [5.74, 6) is -0.783. The third kappa shape index (κ3) is 3.57. The number of hydrogen-bond acceptors (Lipinski definition) is 5. The highest BCUT2D eigenvalue weighted by Crippen LogP contribution is 2.33. The lowest BCUT2D eigenvalue weighted by Gasteiger charge is -2.12. The summed E-state index contributed by atoms with van der Waals surface area (Å²) in [7, 11) is -4.15. The molecule has 0 aliphatic carbocycles. The van der Waals surface area contributed by atoms with E-state index in [1.165, 1.54) is 22.6 Å². The molecule has 0 radical (unpaired) electrons. The molecule has 0 bridgehead atoms. The van der Waals surface area contributed by atoms with E-state index in [9.17, 15) is 21.6 Å². The third-order valence-corrected chi connectivity index (χ3v) is 3.79. The largest absolute Gasteiger partial charge is 0.573 e. The van der Waals surface area contributed by atoms with Crippen LogP contribution in [0.1, 0.15) is 0 Å². The van der Waals surface area contributed by atoms with Crippen molar-refractivity contribution in [3.63, 3.8) is 0 Å². The van der Waals surface area contributed by atoms with Gasteiger partial charge in [-0.3, -0.25) is 0 Å². The molecular weight excluding hydrogens is 378 g/mol. The third-order valence-electron chi connectivity index (χ3n) is 1.48. The molecule has 17 heavy (non-hydrogen) atoms. The minimum Gasteiger partial charge on any atom is -0.402 e. The highest BCUT2D eigenvalue weighted by atomic mass is 127. The second-order valence-electron chi connectivity index (χ2n) is 2.75. The van der Waals surface area contributed by atoms with Crippen molar-refractivity contribution in [2.45, 2.75) is 11.4 Å². The molecule has 0 saturated heterocycles. The van der Waals surface area contributed by atoms with Crippen molar-refractivity contribution in [3.8, 4) is 5.75 Å². The van der Waals surface area contributed by atoms with Crippen molar-refractivity contribution in [2.75, 3.05) is 5.73 Å². The fourth-order valence-electron chi connectivity index (χ4n) is 0.871. The van der Waals surface area contributed by atoms with E-state index < -0.39 is 32.8 Å². The molecule has 4 N–H and O–H groups in total. The number of rotatable bonds is 2. The number of sulfonamides is 1. The van der Waals surface area contributed by atoms with Gasteiger partial charge in [-0.15, -0.1) is 13.2 Å². The van der Waals surface area contributed by atoms with Crippen molar-refractivity contribution in [1.82, 2.24) is 4.98 Å². The molecule has 0 atom stereocenters. The molecule has 1 aromatic heterocycles. The average molecular weight is 383 g/mol. The van der Waals surface area contributed by atoms with Crippen LogP contribution in [-0.4, -0.2) is 19.8 Å². The molecule has 1 rings (SSSR count). The Balaban J connectivity index is 3.30. The summed E-state index contributed by atoms with van der Waals surface area (Å²) in [6.45, 7) is 0. The van der Waals surface area contributed by atoms with Gasteiger partial charge in [-0.1, -0.05) is 0 Å². The maximum atomic E-state index is 11.9. The Morgan fingerprint density at radius 2 is 1.94 bits per heavy atom. The monoisotopic (exact) mass is 383 g/mol. The predicted molar refractivity (Wildman–Crippen MR) is 59.4 cm³/mol. The lowest BCUT2D eigenvalue weighted by Crippen LogP contribution is -2.20. The fraction of sp³-hybridized carbons (Fsp3) is 0.167. The number of pyridine rings is 1. The van der Waals surface area contributed by atoms with Crippen LogP contribution in [0.25, 0.3) is 0 Å². The molecule has 0 amide bonds. The van der Waals surface area contributed by atoms with Crippen molar-refractivity contribution in [3.05, 3.63) is 9.77 Å². The number of nitrogens with zero attached hydrogens (tertiary/aromatic N) is 1. The number of alkyl halides is 3. The van der Waals surface area contributed by atoms with Gasteiger partial charge in [0.15, 0.2) is 10.8 Å². The van der Waals surface area contributed by atoms with Gasteiger partial charge in [0.25, 0.3) is 10.0 Å². The summed E-state index contributed by atoms with van der Waals surface area (Å²) in [5, 5.41) is 4.18. The maximum Gasteiger partial charge on any atom is 0.573 e. The number of nitrogens with two attached hydrogens (primary N) is 2. The zero-order chi connectivity index (χ0) is 13.4. The van der Waals surface area contributed by atoms with Gasteiger partial charge >= 0.3 is 6.36 Å². The fourth-order valence-corrected chi connectivity index (χ4v) is 2.76. The Labute approximate surface area is 107 Å². The molecule has 11 heteroatoms. The van der Waals surface area contributed by atoms with Gasteiger partial charge in [0.1, 0.15) is 0 Å². The molecule has 0 aliphatic rings. The molecule has 0 aliphatic heterocycles. The van der Waals surface area contributed by atoms with E-state index in [4.69, 9.17) is 10.9 Å². The van der Waals surface area contributed by atoms with Crippen LogP contribution in [-0.2, 0) is 10.0 Å². The first-order valence-corrected chi connectivity index (χ1v) is 6.37. The van der Waals surface area contributed by atoms with Gasteiger partial charge in [-0.2, -0.15) is 0 Å². The minimum atomic E-state index is -4.94. The molecule has 96 valence electrons. The Morgan fingerprint density at radius 3 is 2.35 bits per heavy atom. The molecule has 0 unspecified atom stereocenters. The maximum absolute atomic E-state index is 11.9. The zero-order valence-electron chi connectivity index (χ0n) is 7.82. The molecule has 6 nitrogen and oxygen atoms in total. The van der Waals surface area contributed by atoms with Crippen LogP contribution in [0, 0.1) is 3.57 Å². The summed E-state index contributed by atoms with van der Waals surface area (Å²) >= 11 is 1.41. The van der Waals surface area contributed by atoms with Crippen LogP contribution < -0.4 is 15.6 Å². The number of nitrogen functional groups attached to an aromatic ring is 1. The summed E-state index contributed by atoms with van der Waals surface area (Å²) in [6.07, 6.45) is -4.40. The number of halogens is 4. The van der Waals surface area contributed by atoms with Gasteiger partial charge in [0.2, 0.25) is 0 Å². The zero-order valence-corrected chi connectivity index (χ0v) is 10.8. The van der Waals surface area contributed by atoms with E-state index in [1.807, 2.05) is 0 Å². The van der Waals surface area contributed by atoms with Crippen molar-refractivity contribution < 1.29 is 26.3 Å². The Hall–Kier alpha value is -0.820. The average Bonchev–Trinajstić information content (AvgIpc) is 2.08. The second-order valence-corrected chi connectivity index (χ2v) is 5.30. The first kappa shape index (κ1) is 14.2. The topological polar surface area (TPSA) is 108 Å². The molecule has 0 aromatic carbocycles. The molecule has 1 heterocycles. The summed E-state index contributed by atoms with van der Waals surface area (Å²) in [6, 6.07) is 0. The standard InChI is InChI=1S/C6H5F3IN3O3S/c7-6(8,9)16-2-1-13-5(17(12,14)15)3(10)4(2)11/h1H,(H2,11,13)(H2,12,14,15). The number of anilines is 1. The number of ether oxygens (including phenoxy) is 1. The first-order valence-electron chi connectivity index (χ1n) is 3.75. The van der Waals surface area contributed by atoms with Crippen molar-refractivity contribution in [1.29, 1.82) is 0 Å². The van der Waals surface area contributed by atoms with Crippen LogP contribution in [0.5, 0.6) is 5.75 Å². The van der Waals surface area contributed by atoms with E-state index in [0.717, 1.165) is 0 Å². The predicted octanol–water partition coefficient (Wildman–Crippen LogP) is 0.814. The quantitative estimate of drug-likeness (QED) is 0.736. The van der Waals surface area contributed by atoms with E-state index in [-0.39, 0.29) is 3.57 Å². The highest BCUT2D eigenvalue weighted by molar-refractivity contribution is 14.1. The van der Waals surface area contributed by atoms with Crippen LogP contribution in [0.15, 0.2) is 11.2 Å². The summed E-state index contributed by atoms with van der Waals surface area (Å²) < 4.78 is 61.1. The van der Waals surface area contributed by atoms with Crippen LogP contribution in [0.2, 0.25) is 0 Å². The summed E-state index contributed by atoms with van der Waals surface area (Å²) in [5.41, 5.74) is 4.80. The molecular formula is C6H5F3IN3O3S. The van der Waals surface area contributed by atoms with E-state index >= 15 is 0 Å². The van der Waals surface area contributed by atoms with Gasteiger partial charge in [0.05, 0.1) is 15.5 Å². The smallest absolute Gasteiger partial charge is 0.402 e. The van der Waals surface area contributed by atoms with Crippen molar-refractivity contribution >= 4 is 38.3 Å². The van der Waals surface area contributed by atoms with Crippen LogP contribution in [0.4, 0.5) is 18.9 Å². The normalized spacial score (nSPS) is 12.5. The van der Waals surface area contributed by atoms with E-state index in [0.29, 0.717) is 6.20 Å². The number of primary sulfonamides is 1. The molecule has 0 spiro atoms. The lowest BCUT2D eigenvalue weighted by molar-refractivity contribution is -0.274. The summed E-state index contributed by atoms with van der Waals surface area (Å²) in [4.78, 5) is 3.27. The van der Waals surface area contributed by atoms with E-state index in [2.05, 4.69) is 9.72 Å². The number of aromatic nitrogens is 1. The Bertz CT molecular complexity index is 545. The SMILES string of the molecule is Nc1c(OC(F)(F)F)cnc(S(N)(=O)=O)c1I. The lowest BCUT2D eigenvalue weighted by atomic mass is 10.4. The molecule has 0 fully saturated rings. The Morgan fingerprint density at radius 1 is 1.41 bits per heavy atom. The van der Waals surface area contributed by atoms with Gasteiger partial charge < -0.3 is 10.5 Å². The Kier molecular flexibility index (Phi) is 3.73. The van der Waals surface area contributed by atoms with Crippen molar-refractivity contribution in [2.24, 2.45) is 5.14 Å². The van der Waals surface area contributed by atoms with Crippen LogP contribution in [0.3, 0.4) is 0 Å². The second kappa shape index (κ2) is 4.45. The van der Waals surface area contributed by atoms with Gasteiger partial charge in [0, 0.05) is 0 Å². The van der Waals surface area contributed by atoms with Gasteiger partial charge in [-0.05, 0) is 22.6 Å². The van der Waals surface area contributed by atoms with E-state index in [1.54, 1.807) is 0 Å². The number of hydrogen-bond donors (Lipinski definition) is 2. The molecule has 1 aromatic rings. The molecule has 0 saturated carbocycles. The van der Waals surface area contributed by atoms with Crippen LogP contribution >= 0.6 is 22.6 Å². The minimum absolute atomic E-state index is 0.230. The van der Waals surface area contributed by atoms with Gasteiger partial charge in [-0.25, -0.2) is 18.5 Å². The highest BCUT2D eigenvalue weighted by Gasteiger charge is 2.33.